The van der Waals surface area contributed by atoms with E-state index in [1.165, 1.54) is 45.6 Å². The molecule has 0 spiro atoms. The molecule has 3 atom stereocenters. The predicted octanol–water partition coefficient (Wildman–Crippen LogP) is -0.309. The van der Waals surface area contributed by atoms with E-state index in [1.807, 2.05) is 0 Å². The number of nitrogens with one attached hydrogen (secondary N) is 1. The van der Waals surface area contributed by atoms with Gasteiger partial charge < -0.3 is 45.5 Å². The third-order valence-corrected chi connectivity index (χ3v) is 10.5. The Kier molecular flexibility index (Phi) is 12.2. The number of thioether (sulfide) groups is 2. The van der Waals surface area contributed by atoms with Crippen molar-refractivity contribution in [3.8, 4) is 11.5 Å². The summed E-state index contributed by atoms with van der Waals surface area (Å²) >= 11 is 3.39. The van der Waals surface area contributed by atoms with Crippen LogP contribution < -0.4 is 30.2 Å². The van der Waals surface area contributed by atoms with Gasteiger partial charge in [0.1, 0.15) is 17.1 Å². The van der Waals surface area contributed by atoms with Gasteiger partial charge in [-0.25, -0.2) is 14.6 Å². The number of carbonyl (C=O) groups is 7. The number of ether oxygens (including phenoxy) is 2. The molecule has 2 amide bonds. The quantitative estimate of drug-likeness (QED) is 0.0292. The van der Waals surface area contributed by atoms with Crippen LogP contribution in [0.3, 0.4) is 0 Å². The zero-order valence-corrected chi connectivity index (χ0v) is 30.4. The highest BCUT2D eigenvalue weighted by Gasteiger charge is 2.53. The zero-order valence-electron chi connectivity index (χ0n) is 27.9. The van der Waals surface area contributed by atoms with Crippen LogP contribution in [0.2, 0.25) is 0 Å². The number of fused-ring (bicyclic) bond motifs is 1. The van der Waals surface area contributed by atoms with Gasteiger partial charge in [-0.1, -0.05) is 11.2 Å². The Hall–Kier alpha value is -6.00. The van der Waals surface area contributed by atoms with E-state index in [4.69, 9.17) is 25.2 Å². The molecule has 5 N–H and O–H groups in total. The Labute approximate surface area is 316 Å². The number of hydrogen-bond donors (Lipinski definition) is 4. The molecule has 5 rings (SSSR count). The first-order valence-electron chi connectivity index (χ1n) is 15.3. The minimum absolute atomic E-state index is 0.0187. The fraction of sp³-hybridized carbons (Fsp3) is 0.250. The molecule has 19 nitrogen and oxygen atoms in total. The number of amides is 2. The lowest BCUT2D eigenvalue weighted by Gasteiger charge is -2.50. The number of β-lactam (4-membered cyclic amide) rings is 1. The molecule has 2 aliphatic rings. The number of aliphatic carboxylic acids is 3. The normalized spacial score (nSPS) is 17.1. The van der Waals surface area contributed by atoms with Crippen LogP contribution in [0.15, 0.2) is 69.4 Å². The standard InChI is InChI=1S/C32H28N6O13S3/c1-14(39)49-20-4-3-16(9-21(20)50-15(2)40)26(31(47)48)51-36-23(19-13-54-32(33)34-19)27(43)35-24-28(44)38-25(30(45)46)17(12-53-29(24)38)11-52-18-5-7-37(8-6-18)10-22(41)42/h3-9,13,24,26,29H,10-12H2,1-2H3,(H5-,33,34,35,41,42,43,45,46,47,48)/b36-23-/t24?,26?,29-/m1/s1. The van der Waals surface area contributed by atoms with Crippen molar-refractivity contribution in [1.82, 2.24) is 15.2 Å². The molecule has 0 radical (unpaired) electrons. The van der Waals surface area contributed by atoms with E-state index in [1.54, 1.807) is 24.5 Å². The summed E-state index contributed by atoms with van der Waals surface area (Å²) in [6, 6.07) is 5.55. The van der Waals surface area contributed by atoms with Gasteiger partial charge in [0.15, 0.2) is 34.7 Å². The second kappa shape index (κ2) is 16.8. The van der Waals surface area contributed by atoms with Gasteiger partial charge in [-0.05, 0) is 17.7 Å². The number of aromatic nitrogens is 2. The van der Waals surface area contributed by atoms with Gasteiger partial charge in [-0.3, -0.25) is 24.1 Å². The first-order chi connectivity index (χ1) is 25.6. The molecular weight excluding hydrogens is 773 g/mol. The molecule has 22 heteroatoms. The first kappa shape index (κ1) is 39.2. The van der Waals surface area contributed by atoms with Gasteiger partial charge in [0.2, 0.25) is 12.6 Å². The molecule has 2 aromatic heterocycles. The fourth-order valence-electron chi connectivity index (χ4n) is 5.08. The molecule has 4 heterocycles. The predicted molar refractivity (Wildman–Crippen MR) is 186 cm³/mol. The van der Waals surface area contributed by atoms with Crippen LogP contribution in [0.4, 0.5) is 5.13 Å². The van der Waals surface area contributed by atoms with Crippen LogP contribution in [0, 0.1) is 0 Å². The minimum atomic E-state index is -1.91. The second-order valence-electron chi connectivity index (χ2n) is 11.2. The number of hydrogen-bond acceptors (Lipinski definition) is 17. The number of pyridine rings is 1. The lowest BCUT2D eigenvalue weighted by atomic mass is 10.0. The molecule has 1 fully saturated rings. The fourth-order valence-corrected chi connectivity index (χ4v) is 8.00. The molecule has 0 saturated carbocycles. The maximum absolute atomic E-state index is 13.6. The highest BCUT2D eigenvalue weighted by atomic mass is 32.2. The Morgan fingerprint density at radius 2 is 1.80 bits per heavy atom. The van der Waals surface area contributed by atoms with Crippen molar-refractivity contribution in [2.45, 2.75) is 42.8 Å². The van der Waals surface area contributed by atoms with Crippen molar-refractivity contribution in [3.63, 3.8) is 0 Å². The number of anilines is 1. The Balaban J connectivity index is 1.34. The van der Waals surface area contributed by atoms with Gasteiger partial charge >= 0.3 is 23.9 Å². The van der Waals surface area contributed by atoms with Crippen LogP contribution in [0.1, 0.15) is 31.2 Å². The summed E-state index contributed by atoms with van der Waals surface area (Å²) in [4.78, 5) is 96.7. The average molecular weight is 801 g/mol. The molecular formula is C32H28N6O13S3. The zero-order chi connectivity index (χ0) is 39.3. The maximum Gasteiger partial charge on any atom is 0.370 e. The summed E-state index contributed by atoms with van der Waals surface area (Å²) in [6.45, 7) is 1.95. The Morgan fingerprint density at radius 1 is 1.11 bits per heavy atom. The van der Waals surface area contributed by atoms with E-state index in [9.17, 15) is 43.8 Å². The SMILES string of the molecule is CC(=O)Oc1ccc(C(O/N=C(\C(=O)NC2C(=O)N3C(C(=O)[O-])=C(CSc4cc[n+](CC(=O)O)cc4)CS[C@H]23)c2csc(N)n2)C(=O)O)cc1OC(C)=O. The largest absolute Gasteiger partial charge is 0.543 e. The van der Waals surface area contributed by atoms with Gasteiger partial charge in [0.25, 0.3) is 11.8 Å². The summed E-state index contributed by atoms with van der Waals surface area (Å²) < 4.78 is 11.5. The number of rotatable bonds is 15. The second-order valence-corrected chi connectivity index (χ2v) is 14.3. The molecule has 0 bridgehead atoms. The minimum Gasteiger partial charge on any atom is -0.543 e. The van der Waals surface area contributed by atoms with Crippen LogP contribution >= 0.6 is 34.9 Å². The summed E-state index contributed by atoms with van der Waals surface area (Å²) in [5.41, 5.74) is 4.99. The molecule has 1 aromatic carbocycles. The maximum atomic E-state index is 13.6. The number of oxime groups is 1. The van der Waals surface area contributed by atoms with E-state index in [-0.39, 0.29) is 51.6 Å². The van der Waals surface area contributed by atoms with Crippen LogP contribution in [-0.4, -0.2) is 90.4 Å². The number of nitrogens with two attached hydrogens (primary N) is 1. The number of esters is 2. The third-order valence-electron chi connectivity index (χ3n) is 7.35. The number of nitrogen functional groups attached to an aromatic ring is 1. The van der Waals surface area contributed by atoms with Gasteiger partial charge in [-0.2, -0.15) is 4.57 Å². The van der Waals surface area contributed by atoms with Gasteiger partial charge in [0.05, 0.1) is 11.7 Å². The highest BCUT2D eigenvalue weighted by Crippen LogP contribution is 2.41. The first-order valence-corrected chi connectivity index (χ1v) is 18.3. The summed E-state index contributed by atoms with van der Waals surface area (Å²) in [7, 11) is 0. The van der Waals surface area contributed by atoms with Crippen LogP contribution in [0.5, 0.6) is 11.5 Å². The van der Waals surface area contributed by atoms with Crippen molar-refractivity contribution in [2.24, 2.45) is 5.16 Å². The average Bonchev–Trinajstić information content (AvgIpc) is 3.53. The van der Waals surface area contributed by atoms with E-state index >= 15 is 0 Å². The van der Waals surface area contributed by atoms with Crippen molar-refractivity contribution in [1.29, 1.82) is 0 Å². The number of thiazole rings is 1. The van der Waals surface area contributed by atoms with Crippen molar-refractivity contribution in [3.05, 3.63) is 70.6 Å². The van der Waals surface area contributed by atoms with E-state index in [0.29, 0.717) is 5.57 Å². The van der Waals surface area contributed by atoms with Crippen molar-refractivity contribution >= 4 is 87.4 Å². The Bertz CT molecular complexity index is 2100. The molecule has 1 saturated heterocycles. The van der Waals surface area contributed by atoms with Crippen molar-refractivity contribution < 1.29 is 67.8 Å². The lowest BCUT2D eigenvalue weighted by molar-refractivity contribution is -0.686. The smallest absolute Gasteiger partial charge is 0.370 e. The number of carbonyl (C=O) groups excluding carboxylic acids is 5. The topological polar surface area (TPSA) is 281 Å². The van der Waals surface area contributed by atoms with Crippen LogP contribution in [-0.2, 0) is 44.9 Å². The molecule has 3 aromatic rings. The Morgan fingerprint density at radius 3 is 2.39 bits per heavy atom. The highest BCUT2D eigenvalue weighted by molar-refractivity contribution is 8.01. The third kappa shape index (κ3) is 9.13. The van der Waals surface area contributed by atoms with E-state index in [2.05, 4.69) is 15.5 Å². The summed E-state index contributed by atoms with van der Waals surface area (Å²) in [5, 5.41) is 38.0. The molecule has 2 aliphatic heterocycles. The number of carboxylic acids is 3. The lowest BCUT2D eigenvalue weighted by Crippen LogP contribution is -2.71. The van der Waals surface area contributed by atoms with Crippen molar-refractivity contribution in [2.75, 3.05) is 17.2 Å². The van der Waals surface area contributed by atoms with Gasteiger partial charge in [0, 0.05) is 53.3 Å². The summed E-state index contributed by atoms with van der Waals surface area (Å²) in [5.74, 6) is -7.66. The van der Waals surface area contributed by atoms with Crippen LogP contribution in [0.25, 0.3) is 0 Å². The monoisotopic (exact) mass is 800 g/mol. The summed E-state index contributed by atoms with van der Waals surface area (Å²) in [6.07, 6.45) is 1.23. The van der Waals surface area contributed by atoms with E-state index < -0.39 is 64.9 Å². The van der Waals surface area contributed by atoms with Gasteiger partial charge in [-0.15, -0.1) is 34.9 Å². The molecule has 282 valence electrons. The molecule has 54 heavy (non-hydrogen) atoms. The van der Waals surface area contributed by atoms with E-state index in [0.717, 1.165) is 41.0 Å². The molecule has 2 unspecified atom stereocenters. The molecule has 0 aliphatic carbocycles. The number of carboxylic acid groups (broad SMARTS) is 3. The number of benzene rings is 1. The number of nitrogens with zero attached hydrogens (tertiary/aromatic N) is 4.